The molecule has 0 aromatic heterocycles. The zero-order valence-electron chi connectivity index (χ0n) is 13.9. The van der Waals surface area contributed by atoms with E-state index >= 15 is 0 Å². The summed E-state index contributed by atoms with van der Waals surface area (Å²) in [6.07, 6.45) is 1.09. The maximum atomic E-state index is 12.1. The summed E-state index contributed by atoms with van der Waals surface area (Å²) in [5.74, 6) is -0.157. The molecule has 0 aromatic rings. The van der Waals surface area contributed by atoms with Gasteiger partial charge in [0.1, 0.15) is 5.60 Å². The van der Waals surface area contributed by atoms with E-state index in [1.165, 1.54) is 0 Å². The maximum absolute atomic E-state index is 12.1. The van der Waals surface area contributed by atoms with Gasteiger partial charge in [0.25, 0.3) is 0 Å². The van der Waals surface area contributed by atoms with Gasteiger partial charge in [-0.3, -0.25) is 4.79 Å². The van der Waals surface area contributed by atoms with E-state index in [0.717, 1.165) is 0 Å². The van der Waals surface area contributed by atoms with Crippen LogP contribution in [0, 0.1) is 5.92 Å². The lowest BCUT2D eigenvalue weighted by atomic mass is 9.82. The molecule has 1 aliphatic carbocycles. The van der Waals surface area contributed by atoms with E-state index < -0.39 is 17.7 Å². The van der Waals surface area contributed by atoms with Crippen molar-refractivity contribution in [3.05, 3.63) is 10.4 Å². The van der Waals surface area contributed by atoms with E-state index in [1.807, 2.05) is 0 Å². The summed E-state index contributed by atoms with van der Waals surface area (Å²) in [6, 6.07) is -0.753. The summed E-state index contributed by atoms with van der Waals surface area (Å²) in [6.45, 7) is 5.32. The Labute approximate surface area is 130 Å². The van der Waals surface area contributed by atoms with Gasteiger partial charge in [0, 0.05) is 31.0 Å². The van der Waals surface area contributed by atoms with Crippen molar-refractivity contribution in [1.82, 2.24) is 10.2 Å². The molecule has 1 rings (SSSR count). The monoisotopic (exact) mass is 311 g/mol. The van der Waals surface area contributed by atoms with Gasteiger partial charge in [0.05, 0.1) is 6.04 Å². The molecule has 1 fully saturated rings. The highest BCUT2D eigenvalue weighted by Crippen LogP contribution is 2.28. The molecule has 1 N–H and O–H groups in total. The molecule has 0 spiro atoms. The summed E-state index contributed by atoms with van der Waals surface area (Å²) >= 11 is 0. The standard InChI is InChI=1S/C14H25N5O3/c1-14(2,3)22-13(21)16-11-8-9(12(20)19(4)5)6-7-10(11)17-18-15/h9-11H,6-8H2,1-5H3,(H,16,21)/t9-,10-,11+/m0/s1. The third-order valence-electron chi connectivity index (χ3n) is 3.51. The van der Waals surface area contributed by atoms with Gasteiger partial charge in [-0.25, -0.2) is 4.79 Å². The maximum Gasteiger partial charge on any atom is 0.407 e. The molecule has 0 heterocycles. The Morgan fingerprint density at radius 1 is 1.32 bits per heavy atom. The highest BCUT2D eigenvalue weighted by atomic mass is 16.6. The van der Waals surface area contributed by atoms with E-state index in [2.05, 4.69) is 15.3 Å². The molecule has 124 valence electrons. The summed E-state index contributed by atoms with van der Waals surface area (Å²) < 4.78 is 5.23. The van der Waals surface area contributed by atoms with Crippen LogP contribution >= 0.6 is 0 Å². The minimum atomic E-state index is -0.606. The van der Waals surface area contributed by atoms with E-state index in [-0.39, 0.29) is 17.9 Å². The second-order valence-electron chi connectivity index (χ2n) is 6.77. The van der Waals surface area contributed by atoms with E-state index in [4.69, 9.17) is 10.3 Å². The minimum Gasteiger partial charge on any atom is -0.444 e. The number of nitrogens with zero attached hydrogens (tertiary/aromatic N) is 4. The number of amides is 2. The molecule has 0 radical (unpaired) electrons. The highest BCUT2D eigenvalue weighted by Gasteiger charge is 2.35. The van der Waals surface area contributed by atoms with Gasteiger partial charge in [-0.15, -0.1) is 0 Å². The number of carbonyl (C=O) groups excluding carboxylic acids is 2. The molecule has 0 unspecified atom stereocenters. The van der Waals surface area contributed by atoms with E-state index in [9.17, 15) is 9.59 Å². The van der Waals surface area contributed by atoms with Gasteiger partial charge in [0.15, 0.2) is 0 Å². The largest absolute Gasteiger partial charge is 0.444 e. The fraction of sp³-hybridized carbons (Fsp3) is 0.857. The number of hydrogen-bond donors (Lipinski definition) is 1. The number of hydrogen-bond acceptors (Lipinski definition) is 4. The first-order chi connectivity index (χ1) is 10.1. The highest BCUT2D eigenvalue weighted by molar-refractivity contribution is 5.78. The fourth-order valence-corrected chi connectivity index (χ4v) is 2.56. The molecule has 0 aliphatic heterocycles. The van der Waals surface area contributed by atoms with E-state index in [1.54, 1.807) is 39.8 Å². The molecule has 1 aliphatic rings. The first-order valence-corrected chi connectivity index (χ1v) is 7.39. The second kappa shape index (κ2) is 7.35. The molecule has 1 saturated carbocycles. The van der Waals surface area contributed by atoms with Crippen LogP contribution in [0.1, 0.15) is 40.0 Å². The van der Waals surface area contributed by atoms with Gasteiger partial charge in [0.2, 0.25) is 5.91 Å². The first kappa shape index (κ1) is 18.1. The summed E-state index contributed by atoms with van der Waals surface area (Å²) in [7, 11) is 3.41. The van der Waals surface area contributed by atoms with Crippen LogP contribution in [0.4, 0.5) is 4.79 Å². The third kappa shape index (κ3) is 5.44. The van der Waals surface area contributed by atoms with Gasteiger partial charge < -0.3 is 15.0 Å². The van der Waals surface area contributed by atoms with Crippen molar-refractivity contribution < 1.29 is 14.3 Å². The zero-order chi connectivity index (χ0) is 16.9. The van der Waals surface area contributed by atoms with Crippen molar-refractivity contribution in [2.24, 2.45) is 11.0 Å². The van der Waals surface area contributed by atoms with Crippen LogP contribution in [-0.4, -0.2) is 48.7 Å². The van der Waals surface area contributed by atoms with Gasteiger partial charge >= 0.3 is 6.09 Å². The number of rotatable bonds is 3. The molecule has 8 heteroatoms. The van der Waals surface area contributed by atoms with Gasteiger partial charge in [-0.05, 0) is 45.6 Å². The quantitative estimate of drug-likeness (QED) is 0.491. The van der Waals surface area contributed by atoms with Crippen LogP contribution in [0.3, 0.4) is 0 Å². The van der Waals surface area contributed by atoms with Crippen LogP contribution in [0.2, 0.25) is 0 Å². The van der Waals surface area contributed by atoms with Gasteiger partial charge in [-0.2, -0.15) is 0 Å². The molecule has 8 nitrogen and oxygen atoms in total. The molecule has 3 atom stereocenters. The Hall–Kier alpha value is -1.95. The lowest BCUT2D eigenvalue weighted by molar-refractivity contribution is -0.134. The molecule has 0 aromatic carbocycles. The smallest absolute Gasteiger partial charge is 0.407 e. The summed E-state index contributed by atoms with van der Waals surface area (Å²) in [5.41, 5.74) is 8.05. The predicted molar refractivity (Wildman–Crippen MR) is 82.1 cm³/mol. The van der Waals surface area contributed by atoms with Crippen molar-refractivity contribution >= 4 is 12.0 Å². The fourth-order valence-electron chi connectivity index (χ4n) is 2.56. The van der Waals surface area contributed by atoms with E-state index in [0.29, 0.717) is 19.3 Å². The van der Waals surface area contributed by atoms with Crippen LogP contribution in [0.25, 0.3) is 10.4 Å². The molecular weight excluding hydrogens is 286 g/mol. The number of azide groups is 1. The Morgan fingerprint density at radius 2 is 1.95 bits per heavy atom. The SMILES string of the molecule is CN(C)C(=O)[C@H]1CC[C@H](N=[N+]=[N-])[C@H](NC(=O)OC(C)(C)C)C1. The predicted octanol–water partition coefficient (Wildman–Crippen LogP) is 2.45. The van der Waals surface area contributed by atoms with Crippen LogP contribution in [0.5, 0.6) is 0 Å². The summed E-state index contributed by atoms with van der Waals surface area (Å²) in [5, 5.41) is 6.48. The van der Waals surface area contributed by atoms with Crippen LogP contribution in [0.15, 0.2) is 5.11 Å². The second-order valence-corrected chi connectivity index (χ2v) is 6.77. The Kier molecular flexibility index (Phi) is 6.05. The normalized spacial score (nSPS) is 24.9. The average molecular weight is 311 g/mol. The average Bonchev–Trinajstić information content (AvgIpc) is 2.37. The molecule has 22 heavy (non-hydrogen) atoms. The lowest BCUT2D eigenvalue weighted by Gasteiger charge is -2.35. The Morgan fingerprint density at radius 3 is 2.45 bits per heavy atom. The Bertz CT molecular complexity index is 466. The Balaban J connectivity index is 2.77. The number of carbonyl (C=O) groups is 2. The third-order valence-corrected chi connectivity index (χ3v) is 3.51. The number of nitrogens with one attached hydrogen (secondary N) is 1. The molecule has 0 bridgehead atoms. The van der Waals surface area contributed by atoms with Gasteiger partial charge in [-0.1, -0.05) is 5.11 Å². The van der Waals surface area contributed by atoms with Crippen LogP contribution in [-0.2, 0) is 9.53 Å². The number of ether oxygens (including phenoxy) is 1. The van der Waals surface area contributed by atoms with Crippen LogP contribution < -0.4 is 5.32 Å². The lowest BCUT2D eigenvalue weighted by Crippen LogP contribution is -2.49. The minimum absolute atomic E-state index is 0.0235. The zero-order valence-corrected chi connectivity index (χ0v) is 13.9. The van der Waals surface area contributed by atoms with Crippen molar-refractivity contribution in [3.63, 3.8) is 0 Å². The first-order valence-electron chi connectivity index (χ1n) is 7.39. The van der Waals surface area contributed by atoms with Crippen molar-refractivity contribution in [2.75, 3.05) is 14.1 Å². The summed E-state index contributed by atoms with van der Waals surface area (Å²) in [4.78, 5) is 28.4. The molecular formula is C14H25N5O3. The van der Waals surface area contributed by atoms with Crippen molar-refractivity contribution in [2.45, 2.75) is 57.7 Å². The topological polar surface area (TPSA) is 107 Å². The van der Waals surface area contributed by atoms with Crippen molar-refractivity contribution in [3.8, 4) is 0 Å². The molecule has 0 saturated heterocycles. The number of alkyl carbamates (subject to hydrolysis) is 1. The molecule has 2 amide bonds. The van der Waals surface area contributed by atoms with Crippen molar-refractivity contribution in [1.29, 1.82) is 0 Å².